The number of hydrogen-bond acceptors (Lipinski definition) is 3. The highest BCUT2D eigenvalue weighted by Crippen LogP contribution is 2.30. The van der Waals surface area contributed by atoms with Crippen LogP contribution in [-0.2, 0) is 20.4 Å². The molecule has 1 aliphatic rings. The SMILES string of the molecule is CCCCCCCCS(=O)C1CC(=O)N(c2cc(Cl)cc(Cl)c2)C1=O. The van der Waals surface area contributed by atoms with Crippen LogP contribution in [0.3, 0.4) is 0 Å². The van der Waals surface area contributed by atoms with E-state index in [1.807, 2.05) is 0 Å². The third kappa shape index (κ3) is 5.53. The Morgan fingerprint density at radius 3 is 2.28 bits per heavy atom. The average molecular weight is 404 g/mol. The van der Waals surface area contributed by atoms with E-state index in [4.69, 9.17) is 23.2 Å². The molecule has 25 heavy (non-hydrogen) atoms. The molecule has 2 atom stereocenters. The average Bonchev–Trinajstić information content (AvgIpc) is 2.84. The molecular formula is C18H23Cl2NO3S. The summed E-state index contributed by atoms with van der Waals surface area (Å²) < 4.78 is 12.5. The van der Waals surface area contributed by atoms with Crippen molar-refractivity contribution in [1.29, 1.82) is 0 Å². The Morgan fingerprint density at radius 2 is 1.64 bits per heavy atom. The summed E-state index contributed by atoms with van der Waals surface area (Å²) in [6.07, 6.45) is 6.52. The molecule has 1 aromatic carbocycles. The fourth-order valence-corrected chi connectivity index (χ4v) is 4.86. The van der Waals surface area contributed by atoms with E-state index in [0.717, 1.165) is 24.2 Å². The number of carbonyl (C=O) groups excluding carboxylic acids is 2. The monoisotopic (exact) mass is 403 g/mol. The lowest BCUT2D eigenvalue weighted by Crippen LogP contribution is -2.33. The van der Waals surface area contributed by atoms with Crippen molar-refractivity contribution in [3.63, 3.8) is 0 Å². The van der Waals surface area contributed by atoms with E-state index in [0.29, 0.717) is 21.5 Å². The maximum atomic E-state index is 12.6. The third-order valence-electron chi connectivity index (χ3n) is 4.23. The number of halogens is 2. The van der Waals surface area contributed by atoms with Crippen LogP contribution in [0.25, 0.3) is 0 Å². The molecule has 0 aliphatic carbocycles. The topological polar surface area (TPSA) is 54.5 Å². The zero-order valence-corrected chi connectivity index (χ0v) is 16.6. The van der Waals surface area contributed by atoms with Gasteiger partial charge in [0.05, 0.1) is 12.1 Å². The van der Waals surface area contributed by atoms with Crippen LogP contribution in [0.15, 0.2) is 18.2 Å². The second-order valence-corrected chi connectivity index (χ2v) is 8.85. The van der Waals surface area contributed by atoms with Crippen molar-refractivity contribution < 1.29 is 13.8 Å². The quantitative estimate of drug-likeness (QED) is 0.442. The van der Waals surface area contributed by atoms with Gasteiger partial charge in [0, 0.05) is 26.6 Å². The van der Waals surface area contributed by atoms with E-state index in [9.17, 15) is 13.8 Å². The van der Waals surface area contributed by atoms with Crippen LogP contribution in [-0.4, -0.2) is 27.0 Å². The smallest absolute Gasteiger partial charge is 0.250 e. The Balaban J connectivity index is 1.94. The van der Waals surface area contributed by atoms with Crippen LogP contribution in [0, 0.1) is 0 Å². The molecule has 4 nitrogen and oxygen atoms in total. The molecule has 1 fully saturated rings. The Morgan fingerprint density at radius 1 is 1.04 bits per heavy atom. The molecule has 0 aromatic heterocycles. The number of amides is 2. The van der Waals surface area contributed by atoms with Gasteiger partial charge in [-0.3, -0.25) is 13.8 Å². The van der Waals surface area contributed by atoms with Gasteiger partial charge in [0.25, 0.3) is 0 Å². The number of anilines is 1. The number of hydrogen-bond donors (Lipinski definition) is 0. The molecule has 1 aliphatic heterocycles. The maximum absolute atomic E-state index is 12.6. The Kier molecular flexibility index (Phi) is 7.91. The summed E-state index contributed by atoms with van der Waals surface area (Å²) in [5.74, 6) is -0.322. The third-order valence-corrected chi connectivity index (χ3v) is 6.36. The van der Waals surface area contributed by atoms with E-state index in [-0.39, 0.29) is 12.3 Å². The highest BCUT2D eigenvalue weighted by atomic mass is 35.5. The fraction of sp³-hybridized carbons (Fsp3) is 0.556. The second-order valence-electron chi connectivity index (χ2n) is 6.24. The molecule has 0 bridgehead atoms. The number of rotatable bonds is 9. The molecular weight excluding hydrogens is 381 g/mol. The van der Waals surface area contributed by atoms with Gasteiger partial charge in [-0.2, -0.15) is 0 Å². The van der Waals surface area contributed by atoms with Gasteiger partial charge in [0.1, 0.15) is 5.25 Å². The first kappa shape index (κ1) is 20.4. The van der Waals surface area contributed by atoms with Gasteiger partial charge in [-0.05, 0) is 24.6 Å². The van der Waals surface area contributed by atoms with E-state index in [1.54, 1.807) is 0 Å². The number of unbranched alkanes of at least 4 members (excludes halogenated alkanes) is 5. The molecule has 1 heterocycles. The zero-order chi connectivity index (χ0) is 18.4. The molecule has 1 aromatic rings. The van der Waals surface area contributed by atoms with E-state index in [2.05, 4.69) is 6.92 Å². The summed E-state index contributed by atoms with van der Waals surface area (Å²) in [5.41, 5.74) is 0.339. The number of imide groups is 1. The number of benzene rings is 1. The van der Waals surface area contributed by atoms with Crippen LogP contribution in [0.1, 0.15) is 51.9 Å². The molecule has 1 saturated heterocycles. The summed E-state index contributed by atoms with van der Waals surface area (Å²) in [7, 11) is -1.34. The molecule has 2 rings (SSSR count). The van der Waals surface area contributed by atoms with Crippen molar-refractivity contribution in [2.24, 2.45) is 0 Å². The van der Waals surface area contributed by atoms with Crippen LogP contribution in [0.2, 0.25) is 10.0 Å². The summed E-state index contributed by atoms with van der Waals surface area (Å²) in [4.78, 5) is 25.9. The predicted molar refractivity (Wildman–Crippen MR) is 104 cm³/mol. The van der Waals surface area contributed by atoms with Crippen molar-refractivity contribution in [3.8, 4) is 0 Å². The standard InChI is InChI=1S/C18H23Cl2NO3S/c1-2-3-4-5-6-7-8-25(24)16-12-17(22)21(18(16)23)15-10-13(19)9-14(20)11-15/h9-11,16H,2-8,12H2,1H3. The molecule has 2 unspecified atom stereocenters. The molecule has 138 valence electrons. The maximum Gasteiger partial charge on any atom is 0.250 e. The normalized spacial score (nSPS) is 18.8. The Labute approximate surface area is 161 Å². The van der Waals surface area contributed by atoms with Crippen molar-refractivity contribution in [2.45, 2.75) is 57.1 Å². The van der Waals surface area contributed by atoms with Gasteiger partial charge < -0.3 is 0 Å². The van der Waals surface area contributed by atoms with E-state index >= 15 is 0 Å². The number of nitrogens with zero attached hydrogens (tertiary/aromatic N) is 1. The first-order valence-corrected chi connectivity index (χ1v) is 10.8. The summed E-state index contributed by atoms with van der Waals surface area (Å²) in [6.45, 7) is 2.16. The highest BCUT2D eigenvalue weighted by molar-refractivity contribution is 7.86. The van der Waals surface area contributed by atoms with Gasteiger partial charge in [-0.15, -0.1) is 0 Å². The highest BCUT2D eigenvalue weighted by Gasteiger charge is 2.42. The fourth-order valence-electron chi connectivity index (χ4n) is 2.92. The summed E-state index contributed by atoms with van der Waals surface area (Å²) in [5, 5.41) is -0.0691. The van der Waals surface area contributed by atoms with E-state index < -0.39 is 22.0 Å². The largest absolute Gasteiger partial charge is 0.274 e. The van der Waals surface area contributed by atoms with Gasteiger partial charge in [0.2, 0.25) is 11.8 Å². The minimum Gasteiger partial charge on any atom is -0.274 e. The molecule has 0 radical (unpaired) electrons. The second kappa shape index (κ2) is 9.70. The molecule has 0 spiro atoms. The van der Waals surface area contributed by atoms with Gasteiger partial charge in [-0.1, -0.05) is 62.2 Å². The van der Waals surface area contributed by atoms with Crippen molar-refractivity contribution >= 4 is 51.5 Å². The van der Waals surface area contributed by atoms with Crippen molar-refractivity contribution in [3.05, 3.63) is 28.2 Å². The van der Waals surface area contributed by atoms with Crippen LogP contribution in [0.5, 0.6) is 0 Å². The predicted octanol–water partition coefficient (Wildman–Crippen LogP) is 4.73. The number of carbonyl (C=O) groups is 2. The van der Waals surface area contributed by atoms with Crippen LogP contribution in [0.4, 0.5) is 5.69 Å². The zero-order valence-electron chi connectivity index (χ0n) is 14.3. The molecule has 7 heteroatoms. The first-order chi connectivity index (χ1) is 11.9. The van der Waals surface area contributed by atoms with Gasteiger partial charge in [0.15, 0.2) is 0 Å². The minimum atomic E-state index is -1.34. The van der Waals surface area contributed by atoms with Crippen LogP contribution >= 0.6 is 23.2 Å². The Bertz CT molecular complexity index is 645. The van der Waals surface area contributed by atoms with Crippen LogP contribution < -0.4 is 4.90 Å². The van der Waals surface area contributed by atoms with E-state index in [1.165, 1.54) is 37.5 Å². The lowest BCUT2D eigenvalue weighted by atomic mass is 10.1. The molecule has 0 saturated carbocycles. The minimum absolute atomic E-state index is 0.0224. The molecule has 0 N–H and O–H groups in total. The van der Waals surface area contributed by atoms with Gasteiger partial charge >= 0.3 is 0 Å². The lowest BCUT2D eigenvalue weighted by Gasteiger charge is -2.15. The van der Waals surface area contributed by atoms with Crippen molar-refractivity contribution in [1.82, 2.24) is 0 Å². The lowest BCUT2D eigenvalue weighted by molar-refractivity contribution is -0.121. The summed E-state index contributed by atoms with van der Waals surface area (Å²) >= 11 is 11.9. The Hall–Kier alpha value is -0.910. The molecule has 2 amide bonds. The first-order valence-electron chi connectivity index (χ1n) is 8.64. The van der Waals surface area contributed by atoms with Gasteiger partial charge in [-0.25, -0.2) is 4.90 Å². The summed E-state index contributed by atoms with van der Waals surface area (Å²) in [6, 6.07) is 4.57. The van der Waals surface area contributed by atoms with Crippen molar-refractivity contribution in [2.75, 3.05) is 10.7 Å².